The normalized spacial score (nSPS) is 30.0. The Balaban J connectivity index is 1.27. The maximum Gasteiger partial charge on any atom is 0.271 e. The van der Waals surface area contributed by atoms with Crippen LogP contribution in [0.4, 0.5) is 0 Å². The molecule has 0 atom stereocenters. The molecule has 0 aromatic heterocycles. The van der Waals surface area contributed by atoms with Crippen molar-refractivity contribution in [3.8, 4) is 0 Å². The lowest BCUT2D eigenvalue weighted by Gasteiger charge is -2.55. The Bertz CT molecular complexity index is 792. The smallest absolute Gasteiger partial charge is 0.271 e. The Morgan fingerprint density at radius 3 is 2.18 bits per heavy atom. The van der Waals surface area contributed by atoms with Crippen LogP contribution in [0.3, 0.4) is 0 Å². The highest BCUT2D eigenvalue weighted by Crippen LogP contribution is 2.60. The number of amides is 3. The Morgan fingerprint density at radius 1 is 0.964 bits per heavy atom. The lowest BCUT2D eigenvalue weighted by Crippen LogP contribution is -2.55. The van der Waals surface area contributed by atoms with E-state index >= 15 is 0 Å². The van der Waals surface area contributed by atoms with Gasteiger partial charge in [0.1, 0.15) is 0 Å². The number of benzene rings is 1. The van der Waals surface area contributed by atoms with Crippen molar-refractivity contribution in [2.24, 2.45) is 23.2 Å². The molecule has 4 aliphatic rings. The lowest BCUT2D eigenvalue weighted by atomic mass is 9.49. The minimum Gasteiger partial charge on any atom is -0.346 e. The minimum atomic E-state index is -0.576. The third-order valence-corrected chi connectivity index (χ3v) is 6.98. The van der Waals surface area contributed by atoms with E-state index < -0.39 is 11.8 Å². The number of hydrogen-bond donors (Lipinski definition) is 3. The van der Waals surface area contributed by atoms with Crippen LogP contribution in [-0.4, -0.2) is 24.3 Å². The van der Waals surface area contributed by atoms with Crippen LogP contribution in [0.1, 0.15) is 48.9 Å². The van der Waals surface area contributed by atoms with Crippen LogP contribution in [0, 0.1) is 23.2 Å². The van der Waals surface area contributed by atoms with Crippen LogP contribution in [0.5, 0.6) is 0 Å². The topological polar surface area (TPSA) is 87.3 Å². The van der Waals surface area contributed by atoms with Crippen molar-refractivity contribution >= 4 is 40.9 Å². The zero-order valence-corrected chi connectivity index (χ0v) is 16.9. The van der Waals surface area contributed by atoms with Gasteiger partial charge in [-0.05, 0) is 74.5 Å². The first-order chi connectivity index (χ1) is 13.3. The Morgan fingerprint density at radius 2 is 1.57 bits per heavy atom. The molecule has 8 heteroatoms. The summed E-state index contributed by atoms with van der Waals surface area (Å²) < 4.78 is 0. The maximum absolute atomic E-state index is 12.8. The standard InChI is InChI=1S/C20H23Cl2N3O3/c21-14-1-2-16(22)15(6-14)18(27)25-24-17(26)10-23-19(28)20-7-11-3-12(8-20)5-13(4-11)9-20/h1-2,6,11-13H,3-5,7-10H2,(H,23,28)(H,24,26)(H,25,27). The summed E-state index contributed by atoms with van der Waals surface area (Å²) >= 11 is 11.8. The van der Waals surface area contributed by atoms with Gasteiger partial charge < -0.3 is 5.32 Å². The van der Waals surface area contributed by atoms with Gasteiger partial charge in [0, 0.05) is 10.4 Å². The van der Waals surface area contributed by atoms with E-state index in [1.807, 2.05) is 0 Å². The van der Waals surface area contributed by atoms with Crippen LogP contribution in [0.2, 0.25) is 10.0 Å². The highest BCUT2D eigenvalue weighted by Gasteiger charge is 2.54. The summed E-state index contributed by atoms with van der Waals surface area (Å²) in [4.78, 5) is 37.0. The van der Waals surface area contributed by atoms with E-state index in [4.69, 9.17) is 23.2 Å². The second kappa shape index (κ2) is 7.56. The van der Waals surface area contributed by atoms with Crippen LogP contribution < -0.4 is 16.2 Å². The van der Waals surface area contributed by atoms with Crippen molar-refractivity contribution in [3.63, 3.8) is 0 Å². The molecular weight excluding hydrogens is 401 g/mol. The number of hydrogen-bond acceptors (Lipinski definition) is 3. The van der Waals surface area contributed by atoms with Crippen molar-refractivity contribution in [2.45, 2.75) is 38.5 Å². The molecule has 0 saturated heterocycles. The molecule has 1 aromatic rings. The van der Waals surface area contributed by atoms with E-state index in [1.165, 1.54) is 31.4 Å². The molecular formula is C20H23Cl2N3O3. The van der Waals surface area contributed by atoms with E-state index in [1.54, 1.807) is 6.07 Å². The van der Waals surface area contributed by atoms with Crippen molar-refractivity contribution in [1.82, 2.24) is 16.2 Å². The van der Waals surface area contributed by atoms with E-state index in [0.29, 0.717) is 22.8 Å². The molecule has 3 amide bonds. The number of halogens is 2. The number of hydrazine groups is 1. The molecule has 3 N–H and O–H groups in total. The summed E-state index contributed by atoms with van der Waals surface area (Å²) in [6, 6.07) is 4.49. The van der Waals surface area contributed by atoms with Gasteiger partial charge in [0.2, 0.25) is 5.91 Å². The second-order valence-corrected chi connectivity index (χ2v) is 9.35. The van der Waals surface area contributed by atoms with Crippen molar-refractivity contribution in [2.75, 3.05) is 6.54 Å². The molecule has 4 bridgehead atoms. The van der Waals surface area contributed by atoms with Gasteiger partial charge in [-0.25, -0.2) is 0 Å². The molecule has 4 aliphatic carbocycles. The minimum absolute atomic E-state index is 0.0223. The molecule has 0 heterocycles. The van der Waals surface area contributed by atoms with Gasteiger partial charge >= 0.3 is 0 Å². The predicted octanol–water partition coefficient (Wildman–Crippen LogP) is 3.09. The highest BCUT2D eigenvalue weighted by molar-refractivity contribution is 6.35. The summed E-state index contributed by atoms with van der Waals surface area (Å²) in [5.41, 5.74) is 4.46. The Labute approximate surface area is 173 Å². The summed E-state index contributed by atoms with van der Waals surface area (Å²) in [5, 5.41) is 3.37. The summed E-state index contributed by atoms with van der Waals surface area (Å²) in [6.07, 6.45) is 6.59. The van der Waals surface area contributed by atoms with Gasteiger partial charge in [0.05, 0.1) is 17.1 Å². The van der Waals surface area contributed by atoms with Crippen LogP contribution in [-0.2, 0) is 9.59 Å². The van der Waals surface area contributed by atoms with E-state index in [-0.39, 0.29) is 28.5 Å². The molecule has 0 unspecified atom stereocenters. The van der Waals surface area contributed by atoms with Gasteiger partial charge in [-0.1, -0.05) is 23.2 Å². The Hall–Kier alpha value is -1.79. The first-order valence-electron chi connectivity index (χ1n) is 9.67. The molecule has 4 fully saturated rings. The molecule has 6 nitrogen and oxygen atoms in total. The average molecular weight is 424 g/mol. The number of rotatable bonds is 4. The quantitative estimate of drug-likeness (QED) is 0.650. The van der Waals surface area contributed by atoms with Gasteiger partial charge in [-0.2, -0.15) is 0 Å². The molecule has 0 aliphatic heterocycles. The zero-order chi connectivity index (χ0) is 19.9. The third kappa shape index (κ3) is 3.85. The second-order valence-electron chi connectivity index (χ2n) is 8.51. The van der Waals surface area contributed by atoms with Gasteiger partial charge in [0.25, 0.3) is 11.8 Å². The summed E-state index contributed by atoms with van der Waals surface area (Å²) in [6.45, 7) is -0.176. The summed E-state index contributed by atoms with van der Waals surface area (Å²) in [7, 11) is 0. The van der Waals surface area contributed by atoms with Crippen molar-refractivity contribution < 1.29 is 14.4 Å². The van der Waals surface area contributed by atoms with Crippen LogP contribution in [0.25, 0.3) is 0 Å². The summed E-state index contributed by atoms with van der Waals surface area (Å²) in [5.74, 6) is 0.886. The van der Waals surface area contributed by atoms with E-state index in [0.717, 1.165) is 19.3 Å². The first-order valence-corrected chi connectivity index (χ1v) is 10.4. The lowest BCUT2D eigenvalue weighted by molar-refractivity contribution is -0.147. The van der Waals surface area contributed by atoms with Crippen molar-refractivity contribution in [1.29, 1.82) is 0 Å². The van der Waals surface area contributed by atoms with Crippen LogP contribution >= 0.6 is 23.2 Å². The fourth-order valence-electron chi connectivity index (χ4n) is 5.65. The monoisotopic (exact) mass is 423 g/mol. The largest absolute Gasteiger partial charge is 0.346 e. The fourth-order valence-corrected chi connectivity index (χ4v) is 6.02. The molecule has 1 aromatic carbocycles. The fraction of sp³-hybridized carbons (Fsp3) is 0.550. The Kier molecular flexibility index (Phi) is 5.27. The average Bonchev–Trinajstić information content (AvgIpc) is 2.65. The molecule has 150 valence electrons. The van der Waals surface area contributed by atoms with E-state index in [2.05, 4.69) is 16.2 Å². The predicted molar refractivity (Wildman–Crippen MR) is 106 cm³/mol. The third-order valence-electron chi connectivity index (χ3n) is 6.42. The van der Waals surface area contributed by atoms with Crippen molar-refractivity contribution in [3.05, 3.63) is 33.8 Å². The number of carbonyl (C=O) groups is 3. The number of carbonyl (C=O) groups excluding carboxylic acids is 3. The maximum atomic E-state index is 12.8. The molecule has 0 radical (unpaired) electrons. The van der Waals surface area contributed by atoms with Gasteiger partial charge in [-0.3, -0.25) is 25.2 Å². The SMILES string of the molecule is O=C(CNC(=O)C12CC3CC(CC(C3)C1)C2)NNC(=O)c1cc(Cl)ccc1Cl. The zero-order valence-electron chi connectivity index (χ0n) is 15.4. The molecule has 28 heavy (non-hydrogen) atoms. The number of nitrogens with one attached hydrogen (secondary N) is 3. The van der Waals surface area contributed by atoms with Crippen LogP contribution in [0.15, 0.2) is 18.2 Å². The highest BCUT2D eigenvalue weighted by atomic mass is 35.5. The molecule has 0 spiro atoms. The molecule has 5 rings (SSSR count). The van der Waals surface area contributed by atoms with E-state index in [9.17, 15) is 14.4 Å². The molecule has 4 saturated carbocycles. The van der Waals surface area contributed by atoms with Gasteiger partial charge in [-0.15, -0.1) is 0 Å². The first kappa shape index (κ1) is 19.5. The van der Waals surface area contributed by atoms with Gasteiger partial charge in [0.15, 0.2) is 0 Å².